The number of nitrogens with zero attached hydrogens (tertiary/aromatic N) is 1. The number of carbonyl (C=O) groups excluding carboxylic acids is 1. The summed E-state index contributed by atoms with van der Waals surface area (Å²) in [6.45, 7) is -0.243. The van der Waals surface area contributed by atoms with E-state index >= 15 is 0 Å². The quantitative estimate of drug-likeness (QED) is 0.707. The zero-order valence-electron chi connectivity index (χ0n) is 6.86. The number of alkyl halides is 3. The SMILES string of the molecule is O=COC(c1ccccn1)C(F)(F)F. The maximum Gasteiger partial charge on any atom is 0.431 e. The van der Waals surface area contributed by atoms with Crippen LogP contribution in [-0.4, -0.2) is 17.6 Å². The maximum absolute atomic E-state index is 12.3. The Morgan fingerprint density at radius 3 is 2.57 bits per heavy atom. The summed E-state index contributed by atoms with van der Waals surface area (Å²) in [6, 6.07) is 3.99. The smallest absolute Gasteiger partial charge is 0.431 e. The Balaban J connectivity index is 2.95. The van der Waals surface area contributed by atoms with Crippen molar-refractivity contribution in [3.63, 3.8) is 0 Å². The van der Waals surface area contributed by atoms with E-state index in [4.69, 9.17) is 0 Å². The summed E-state index contributed by atoms with van der Waals surface area (Å²) in [5.41, 5.74) is -0.341. The molecule has 0 aliphatic rings. The molecule has 0 aromatic carbocycles. The summed E-state index contributed by atoms with van der Waals surface area (Å²) in [5.74, 6) is 0. The third-order valence-corrected chi connectivity index (χ3v) is 1.45. The lowest BCUT2D eigenvalue weighted by atomic mass is 10.2. The number of rotatable bonds is 3. The van der Waals surface area contributed by atoms with Gasteiger partial charge >= 0.3 is 6.18 Å². The molecule has 0 fully saturated rings. The minimum absolute atomic E-state index is 0.243. The lowest BCUT2D eigenvalue weighted by molar-refractivity contribution is -0.218. The van der Waals surface area contributed by atoms with Gasteiger partial charge in [-0.3, -0.25) is 9.78 Å². The van der Waals surface area contributed by atoms with Crippen molar-refractivity contribution >= 4 is 6.47 Å². The average molecular weight is 205 g/mol. The summed E-state index contributed by atoms with van der Waals surface area (Å²) in [7, 11) is 0. The average Bonchev–Trinajstić information content (AvgIpc) is 2.14. The normalized spacial score (nSPS) is 13.4. The third kappa shape index (κ3) is 2.45. The van der Waals surface area contributed by atoms with Gasteiger partial charge in [-0.1, -0.05) is 6.07 Å². The predicted molar refractivity (Wildman–Crippen MR) is 40.2 cm³/mol. The van der Waals surface area contributed by atoms with Crippen molar-refractivity contribution in [2.24, 2.45) is 0 Å². The molecule has 0 saturated carbocycles. The van der Waals surface area contributed by atoms with Crippen LogP contribution in [-0.2, 0) is 9.53 Å². The molecule has 0 saturated heterocycles. The number of ether oxygens (including phenoxy) is 1. The summed E-state index contributed by atoms with van der Waals surface area (Å²) >= 11 is 0. The Hall–Kier alpha value is -1.59. The first-order valence-electron chi connectivity index (χ1n) is 3.62. The highest BCUT2D eigenvalue weighted by Gasteiger charge is 2.43. The third-order valence-electron chi connectivity index (χ3n) is 1.45. The molecule has 0 bridgehead atoms. The predicted octanol–water partition coefficient (Wildman–Crippen LogP) is 1.86. The van der Waals surface area contributed by atoms with Gasteiger partial charge in [0.05, 0.1) is 5.69 Å². The Bertz CT molecular complexity index is 299. The van der Waals surface area contributed by atoms with E-state index in [2.05, 4.69) is 9.72 Å². The molecule has 3 nitrogen and oxygen atoms in total. The van der Waals surface area contributed by atoms with Crippen molar-refractivity contribution in [2.45, 2.75) is 12.3 Å². The van der Waals surface area contributed by atoms with Crippen molar-refractivity contribution < 1.29 is 22.7 Å². The molecule has 0 N–H and O–H groups in total. The van der Waals surface area contributed by atoms with E-state index in [9.17, 15) is 18.0 Å². The standard InChI is InChI=1S/C8H6F3NO2/c9-8(10,11)7(14-5-13)6-3-1-2-4-12-6/h1-5,7H. The van der Waals surface area contributed by atoms with E-state index in [0.29, 0.717) is 0 Å². The first-order valence-corrected chi connectivity index (χ1v) is 3.62. The van der Waals surface area contributed by atoms with Crippen molar-refractivity contribution in [1.29, 1.82) is 0 Å². The van der Waals surface area contributed by atoms with Crippen molar-refractivity contribution in [1.82, 2.24) is 4.98 Å². The van der Waals surface area contributed by atoms with Crippen LogP contribution < -0.4 is 0 Å². The molecule has 14 heavy (non-hydrogen) atoms. The van der Waals surface area contributed by atoms with Crippen LogP contribution in [0, 0.1) is 0 Å². The van der Waals surface area contributed by atoms with Gasteiger partial charge in [-0.15, -0.1) is 0 Å². The van der Waals surface area contributed by atoms with Crippen molar-refractivity contribution in [3.05, 3.63) is 30.1 Å². The molecule has 6 heteroatoms. The second kappa shape index (κ2) is 4.08. The van der Waals surface area contributed by atoms with E-state index in [1.807, 2.05) is 0 Å². The molecule has 0 spiro atoms. The number of carbonyl (C=O) groups is 1. The molecule has 0 aliphatic heterocycles. The molecule has 1 unspecified atom stereocenters. The minimum Gasteiger partial charge on any atom is -0.448 e. The molecule has 0 amide bonds. The zero-order chi connectivity index (χ0) is 10.6. The monoisotopic (exact) mass is 205 g/mol. The fourth-order valence-electron chi connectivity index (χ4n) is 0.901. The van der Waals surface area contributed by atoms with Crippen LogP contribution in [0.25, 0.3) is 0 Å². The lowest BCUT2D eigenvalue weighted by Gasteiger charge is -2.17. The second-order valence-corrected chi connectivity index (χ2v) is 2.41. The minimum atomic E-state index is -4.64. The molecule has 1 aromatic heterocycles. The molecule has 0 aliphatic carbocycles. The van der Waals surface area contributed by atoms with Gasteiger partial charge in [0.15, 0.2) is 0 Å². The van der Waals surface area contributed by atoms with E-state index in [0.717, 1.165) is 6.07 Å². The Labute approximate surface area is 77.5 Å². The number of halogens is 3. The van der Waals surface area contributed by atoms with Gasteiger partial charge in [-0.25, -0.2) is 0 Å². The van der Waals surface area contributed by atoms with Crippen LogP contribution in [0.3, 0.4) is 0 Å². The second-order valence-electron chi connectivity index (χ2n) is 2.41. The van der Waals surface area contributed by atoms with Crippen molar-refractivity contribution in [2.75, 3.05) is 0 Å². The van der Waals surface area contributed by atoms with Crippen LogP contribution in [0.4, 0.5) is 13.2 Å². The van der Waals surface area contributed by atoms with Gasteiger partial charge in [0, 0.05) is 6.20 Å². The van der Waals surface area contributed by atoms with E-state index in [-0.39, 0.29) is 12.2 Å². The zero-order valence-corrected chi connectivity index (χ0v) is 6.86. The van der Waals surface area contributed by atoms with Crippen LogP contribution >= 0.6 is 0 Å². The number of aromatic nitrogens is 1. The first kappa shape index (κ1) is 10.5. The van der Waals surface area contributed by atoms with Gasteiger partial charge < -0.3 is 4.74 Å². The topological polar surface area (TPSA) is 39.2 Å². The molecule has 1 rings (SSSR count). The van der Waals surface area contributed by atoms with Gasteiger partial charge in [0.2, 0.25) is 6.10 Å². The Kier molecular flexibility index (Phi) is 3.06. The molecule has 1 aromatic rings. The number of pyridine rings is 1. The van der Waals surface area contributed by atoms with Gasteiger partial charge in [-0.05, 0) is 12.1 Å². The molecular weight excluding hydrogens is 199 g/mol. The van der Waals surface area contributed by atoms with Crippen LogP contribution in [0.5, 0.6) is 0 Å². The van der Waals surface area contributed by atoms with Crippen LogP contribution in [0.1, 0.15) is 11.8 Å². The van der Waals surface area contributed by atoms with Crippen LogP contribution in [0.2, 0.25) is 0 Å². The highest BCUT2D eigenvalue weighted by molar-refractivity contribution is 5.38. The fraction of sp³-hybridized carbons (Fsp3) is 0.250. The van der Waals surface area contributed by atoms with Crippen molar-refractivity contribution in [3.8, 4) is 0 Å². The maximum atomic E-state index is 12.3. The van der Waals surface area contributed by atoms with Gasteiger partial charge in [-0.2, -0.15) is 13.2 Å². The summed E-state index contributed by atoms with van der Waals surface area (Å²) < 4.78 is 40.7. The Morgan fingerprint density at radius 2 is 2.14 bits per heavy atom. The summed E-state index contributed by atoms with van der Waals surface area (Å²) in [6.07, 6.45) is -5.74. The molecule has 76 valence electrons. The van der Waals surface area contributed by atoms with Gasteiger partial charge in [0.25, 0.3) is 6.47 Å². The number of hydrogen-bond acceptors (Lipinski definition) is 3. The lowest BCUT2D eigenvalue weighted by Crippen LogP contribution is -2.24. The highest BCUT2D eigenvalue weighted by Crippen LogP contribution is 2.33. The highest BCUT2D eigenvalue weighted by atomic mass is 19.4. The summed E-state index contributed by atoms with van der Waals surface area (Å²) in [5, 5.41) is 0. The molecule has 1 heterocycles. The van der Waals surface area contributed by atoms with E-state index in [1.165, 1.54) is 18.3 Å². The fourth-order valence-corrected chi connectivity index (χ4v) is 0.901. The van der Waals surface area contributed by atoms with Crippen LogP contribution in [0.15, 0.2) is 24.4 Å². The summed E-state index contributed by atoms with van der Waals surface area (Å²) in [4.78, 5) is 13.3. The van der Waals surface area contributed by atoms with Gasteiger partial charge in [0.1, 0.15) is 0 Å². The largest absolute Gasteiger partial charge is 0.448 e. The molecule has 1 atom stereocenters. The molecular formula is C8H6F3NO2. The van der Waals surface area contributed by atoms with E-state index in [1.54, 1.807) is 0 Å². The number of hydrogen-bond donors (Lipinski definition) is 0. The molecule has 0 radical (unpaired) electrons. The Morgan fingerprint density at radius 1 is 1.43 bits per heavy atom. The first-order chi connectivity index (χ1) is 6.55. The van der Waals surface area contributed by atoms with E-state index < -0.39 is 12.3 Å².